The topological polar surface area (TPSA) is 79.3 Å². The highest BCUT2D eigenvalue weighted by molar-refractivity contribution is 7.91. The van der Waals surface area contributed by atoms with Gasteiger partial charge < -0.3 is 5.11 Å². The Balaban J connectivity index is 1.97. The average molecular weight is 262 g/mol. The van der Waals surface area contributed by atoms with E-state index in [2.05, 4.69) is 9.71 Å². The van der Waals surface area contributed by atoms with Crippen molar-refractivity contribution >= 4 is 21.4 Å². The molecule has 5 nitrogen and oxygen atoms in total. The Morgan fingerprint density at radius 2 is 2.38 bits per heavy atom. The first-order valence-corrected chi connectivity index (χ1v) is 7.39. The lowest BCUT2D eigenvalue weighted by molar-refractivity contribution is 0.155. The maximum absolute atomic E-state index is 11.7. The molecule has 1 unspecified atom stereocenters. The summed E-state index contributed by atoms with van der Waals surface area (Å²) in [6, 6.07) is 0. The number of aryl methyl sites for hydroxylation is 1. The van der Waals surface area contributed by atoms with Crippen LogP contribution in [0.2, 0.25) is 0 Å². The molecule has 90 valence electrons. The lowest BCUT2D eigenvalue weighted by Crippen LogP contribution is -2.32. The van der Waals surface area contributed by atoms with E-state index in [1.807, 2.05) is 0 Å². The van der Waals surface area contributed by atoms with Crippen molar-refractivity contribution in [3.8, 4) is 0 Å². The molecule has 1 saturated carbocycles. The summed E-state index contributed by atoms with van der Waals surface area (Å²) in [5.74, 6) is 0.269. The van der Waals surface area contributed by atoms with E-state index in [-0.39, 0.29) is 16.7 Å². The van der Waals surface area contributed by atoms with E-state index in [0.717, 1.165) is 24.2 Å². The number of aliphatic hydroxyl groups excluding tert-OH is 1. The molecule has 1 fully saturated rings. The van der Waals surface area contributed by atoms with Gasteiger partial charge in [0.25, 0.3) is 10.0 Å². The Labute approximate surface area is 98.6 Å². The third kappa shape index (κ3) is 2.79. The fourth-order valence-corrected chi connectivity index (χ4v) is 3.58. The van der Waals surface area contributed by atoms with Crippen LogP contribution in [0.3, 0.4) is 0 Å². The Morgan fingerprint density at radius 1 is 1.69 bits per heavy atom. The van der Waals surface area contributed by atoms with Crippen LogP contribution < -0.4 is 4.72 Å². The molecule has 0 saturated heterocycles. The minimum absolute atomic E-state index is 0.0872. The predicted octanol–water partition coefficient (Wildman–Crippen LogP) is 0.501. The summed E-state index contributed by atoms with van der Waals surface area (Å²) in [6.45, 7) is 1.84. The van der Waals surface area contributed by atoms with E-state index < -0.39 is 16.1 Å². The van der Waals surface area contributed by atoms with Crippen LogP contribution in [0.5, 0.6) is 0 Å². The second-order valence-corrected chi connectivity index (χ2v) is 7.18. The molecule has 0 amide bonds. The lowest BCUT2D eigenvalue weighted by Gasteiger charge is -2.09. The van der Waals surface area contributed by atoms with Gasteiger partial charge in [-0.15, -0.1) is 11.3 Å². The highest BCUT2D eigenvalue weighted by Gasteiger charge is 2.30. The molecule has 1 atom stereocenters. The SMILES string of the molecule is Cc1ncc(S(=O)(=O)NCC(O)C2CC2)s1. The van der Waals surface area contributed by atoms with Crippen molar-refractivity contribution in [1.82, 2.24) is 9.71 Å². The summed E-state index contributed by atoms with van der Waals surface area (Å²) in [6.07, 6.45) is 2.75. The number of rotatable bonds is 5. The minimum Gasteiger partial charge on any atom is -0.391 e. The quantitative estimate of drug-likeness (QED) is 0.810. The number of aliphatic hydroxyl groups is 1. The number of thiazole rings is 1. The molecule has 0 bridgehead atoms. The van der Waals surface area contributed by atoms with Gasteiger partial charge in [0.05, 0.1) is 17.3 Å². The Morgan fingerprint density at radius 3 is 2.88 bits per heavy atom. The van der Waals surface area contributed by atoms with Crippen LogP contribution in [0.4, 0.5) is 0 Å². The Bertz CT molecular complexity index is 465. The fourth-order valence-electron chi connectivity index (χ4n) is 1.38. The zero-order chi connectivity index (χ0) is 11.8. The first kappa shape index (κ1) is 12.0. The molecular weight excluding hydrogens is 248 g/mol. The molecule has 2 N–H and O–H groups in total. The summed E-state index contributed by atoms with van der Waals surface area (Å²) in [4.78, 5) is 3.89. The highest BCUT2D eigenvalue weighted by atomic mass is 32.2. The Kier molecular flexibility index (Phi) is 3.29. The first-order valence-electron chi connectivity index (χ1n) is 5.09. The van der Waals surface area contributed by atoms with Crippen molar-refractivity contribution < 1.29 is 13.5 Å². The molecule has 7 heteroatoms. The summed E-state index contributed by atoms with van der Waals surface area (Å²) in [7, 11) is -3.49. The van der Waals surface area contributed by atoms with Crippen molar-refractivity contribution in [2.24, 2.45) is 5.92 Å². The summed E-state index contributed by atoms with van der Waals surface area (Å²) >= 11 is 1.13. The van der Waals surface area contributed by atoms with Crippen molar-refractivity contribution in [3.63, 3.8) is 0 Å². The maximum atomic E-state index is 11.7. The molecule has 2 rings (SSSR count). The minimum atomic E-state index is -3.49. The molecule has 0 aliphatic heterocycles. The summed E-state index contributed by atoms with van der Waals surface area (Å²) < 4.78 is 26.1. The van der Waals surface area contributed by atoms with Crippen LogP contribution in [0.15, 0.2) is 10.4 Å². The van der Waals surface area contributed by atoms with Crippen molar-refractivity contribution in [2.45, 2.75) is 30.1 Å². The van der Waals surface area contributed by atoms with Gasteiger partial charge in [0.1, 0.15) is 0 Å². The second kappa shape index (κ2) is 4.40. The standard InChI is InChI=1S/C9H14N2O3S2/c1-6-10-5-9(15-6)16(13,14)11-4-8(12)7-2-3-7/h5,7-8,11-12H,2-4H2,1H3. The number of nitrogens with zero attached hydrogens (tertiary/aromatic N) is 1. The number of hydrogen-bond donors (Lipinski definition) is 2. The molecule has 1 aliphatic rings. The van der Waals surface area contributed by atoms with Gasteiger partial charge in [-0.25, -0.2) is 18.1 Å². The summed E-state index contributed by atoms with van der Waals surface area (Å²) in [5, 5.41) is 10.3. The van der Waals surface area contributed by atoms with Gasteiger partial charge in [0.15, 0.2) is 4.21 Å². The predicted molar refractivity (Wildman–Crippen MR) is 60.8 cm³/mol. The zero-order valence-corrected chi connectivity index (χ0v) is 10.5. The van der Waals surface area contributed by atoms with Gasteiger partial charge in [0, 0.05) is 6.54 Å². The first-order chi connectivity index (χ1) is 7.49. The molecule has 0 spiro atoms. The van der Waals surface area contributed by atoms with E-state index >= 15 is 0 Å². The number of hydrogen-bond acceptors (Lipinski definition) is 5. The van der Waals surface area contributed by atoms with Crippen molar-refractivity contribution in [1.29, 1.82) is 0 Å². The lowest BCUT2D eigenvalue weighted by atomic mass is 10.2. The van der Waals surface area contributed by atoms with E-state index in [0.29, 0.717) is 5.01 Å². The van der Waals surface area contributed by atoms with Gasteiger partial charge >= 0.3 is 0 Å². The van der Waals surface area contributed by atoms with Gasteiger partial charge in [-0.05, 0) is 25.7 Å². The monoisotopic (exact) mass is 262 g/mol. The van der Waals surface area contributed by atoms with Crippen LogP contribution in [0, 0.1) is 12.8 Å². The van der Waals surface area contributed by atoms with Crippen molar-refractivity contribution in [2.75, 3.05) is 6.54 Å². The number of aromatic nitrogens is 1. The normalized spacial score (nSPS) is 18.6. The third-order valence-corrected chi connectivity index (χ3v) is 5.31. The zero-order valence-electron chi connectivity index (χ0n) is 8.88. The maximum Gasteiger partial charge on any atom is 0.251 e. The van der Waals surface area contributed by atoms with Gasteiger partial charge in [-0.1, -0.05) is 0 Å². The molecule has 1 aliphatic carbocycles. The van der Waals surface area contributed by atoms with Crippen molar-refractivity contribution in [3.05, 3.63) is 11.2 Å². The highest BCUT2D eigenvalue weighted by Crippen LogP contribution is 2.32. The van der Waals surface area contributed by atoms with Crippen LogP contribution in [-0.2, 0) is 10.0 Å². The second-order valence-electron chi connectivity index (χ2n) is 3.95. The van der Waals surface area contributed by atoms with Gasteiger partial charge in [-0.3, -0.25) is 0 Å². The van der Waals surface area contributed by atoms with Gasteiger partial charge in [0.2, 0.25) is 0 Å². The van der Waals surface area contributed by atoms with E-state index in [1.165, 1.54) is 6.20 Å². The van der Waals surface area contributed by atoms with E-state index in [4.69, 9.17) is 0 Å². The van der Waals surface area contributed by atoms with Crippen LogP contribution in [0.1, 0.15) is 17.8 Å². The van der Waals surface area contributed by atoms with E-state index in [1.54, 1.807) is 6.92 Å². The molecule has 1 aromatic rings. The van der Waals surface area contributed by atoms with Gasteiger partial charge in [-0.2, -0.15) is 0 Å². The largest absolute Gasteiger partial charge is 0.391 e. The van der Waals surface area contributed by atoms with Crippen LogP contribution >= 0.6 is 11.3 Å². The van der Waals surface area contributed by atoms with Crippen LogP contribution in [-0.4, -0.2) is 31.2 Å². The third-order valence-electron chi connectivity index (χ3n) is 2.51. The van der Waals surface area contributed by atoms with Crippen LogP contribution in [0.25, 0.3) is 0 Å². The molecule has 1 heterocycles. The Hall–Kier alpha value is -0.500. The molecule has 16 heavy (non-hydrogen) atoms. The summed E-state index contributed by atoms with van der Waals surface area (Å²) in [5.41, 5.74) is 0. The number of nitrogens with one attached hydrogen (secondary N) is 1. The molecule has 0 radical (unpaired) electrons. The molecule has 1 aromatic heterocycles. The molecule has 0 aromatic carbocycles. The van der Waals surface area contributed by atoms with E-state index in [9.17, 15) is 13.5 Å². The average Bonchev–Trinajstić information content (AvgIpc) is 2.98. The smallest absolute Gasteiger partial charge is 0.251 e. The fraction of sp³-hybridized carbons (Fsp3) is 0.667. The number of sulfonamides is 1. The molecular formula is C9H14N2O3S2.